The molecule has 2 heterocycles. The van der Waals surface area contributed by atoms with Gasteiger partial charge in [-0.15, -0.1) is 12.3 Å². The van der Waals surface area contributed by atoms with Gasteiger partial charge in [-0.05, 0) is 31.5 Å². The summed E-state index contributed by atoms with van der Waals surface area (Å²) in [6, 6.07) is 9.69. The third-order valence-electron chi connectivity index (χ3n) is 5.65. The summed E-state index contributed by atoms with van der Waals surface area (Å²) in [5.74, 6) is 2.53. The van der Waals surface area contributed by atoms with Crippen molar-refractivity contribution in [1.82, 2.24) is 10.2 Å². The number of hydrogen-bond acceptors (Lipinski definition) is 5. The molecule has 1 fully saturated rings. The van der Waals surface area contributed by atoms with Crippen LogP contribution >= 0.6 is 0 Å². The van der Waals surface area contributed by atoms with Crippen LogP contribution in [0, 0.1) is 18.3 Å². The lowest BCUT2D eigenvalue weighted by Crippen LogP contribution is -2.39. The lowest BCUT2D eigenvalue weighted by molar-refractivity contribution is -0.121. The highest BCUT2D eigenvalue weighted by atomic mass is 16.3. The summed E-state index contributed by atoms with van der Waals surface area (Å²) < 4.78 is 0. The second kappa shape index (κ2) is 9.81. The van der Waals surface area contributed by atoms with Crippen LogP contribution < -0.4 is 5.32 Å². The van der Waals surface area contributed by atoms with Crippen LogP contribution in [0.5, 0.6) is 0 Å². The van der Waals surface area contributed by atoms with Crippen molar-refractivity contribution in [3.63, 3.8) is 0 Å². The summed E-state index contributed by atoms with van der Waals surface area (Å²) in [7, 11) is 0. The van der Waals surface area contributed by atoms with E-state index in [1.54, 1.807) is 0 Å². The molecule has 0 bridgehead atoms. The van der Waals surface area contributed by atoms with Gasteiger partial charge >= 0.3 is 0 Å². The second-order valence-corrected chi connectivity index (χ2v) is 7.81. The molecule has 2 aliphatic rings. The van der Waals surface area contributed by atoms with Crippen LogP contribution in [0.1, 0.15) is 50.2 Å². The summed E-state index contributed by atoms with van der Waals surface area (Å²) in [6.07, 6.45) is 9.40. The lowest BCUT2D eigenvalue weighted by atomic mass is 9.94. The van der Waals surface area contributed by atoms with Crippen molar-refractivity contribution in [2.75, 3.05) is 26.2 Å². The van der Waals surface area contributed by atoms with Crippen LogP contribution in [0.3, 0.4) is 0 Å². The highest BCUT2D eigenvalue weighted by molar-refractivity contribution is 5.76. The number of amides is 1. The number of aliphatic hydroxyl groups is 1. The number of carbonyl (C=O) groups is 1. The molecule has 1 aromatic rings. The summed E-state index contributed by atoms with van der Waals surface area (Å²) in [5.41, 5.74) is 0.465. The molecule has 0 aliphatic carbocycles. The van der Waals surface area contributed by atoms with Crippen LogP contribution in [0.2, 0.25) is 0 Å². The number of carbonyl (C=O) groups excluding carboxylic acids is 1. The Balaban J connectivity index is 1.50. The van der Waals surface area contributed by atoms with Gasteiger partial charge in [0.05, 0.1) is 6.10 Å². The molecular weight excluding hydrogens is 352 g/mol. The van der Waals surface area contributed by atoms with Crippen LogP contribution in [-0.2, 0) is 4.79 Å². The van der Waals surface area contributed by atoms with Gasteiger partial charge in [-0.3, -0.25) is 4.79 Å². The van der Waals surface area contributed by atoms with Crippen LogP contribution in [0.25, 0.3) is 0 Å². The van der Waals surface area contributed by atoms with Gasteiger partial charge in [0, 0.05) is 44.7 Å². The van der Waals surface area contributed by atoms with Gasteiger partial charge < -0.3 is 15.3 Å². The maximum atomic E-state index is 12.4. The fourth-order valence-electron chi connectivity index (χ4n) is 3.81. The smallest absolute Gasteiger partial charge is 0.220 e. The number of likely N-dealkylation sites (tertiary alicyclic amines) is 1. The van der Waals surface area contributed by atoms with Gasteiger partial charge in [-0.25, -0.2) is 0 Å². The van der Waals surface area contributed by atoms with Gasteiger partial charge in [-0.1, -0.05) is 30.3 Å². The number of nitrogens with zero attached hydrogens (tertiary/aromatic N) is 3. The van der Waals surface area contributed by atoms with E-state index in [4.69, 9.17) is 6.42 Å². The largest absolute Gasteiger partial charge is 0.388 e. The molecule has 28 heavy (non-hydrogen) atoms. The minimum absolute atomic E-state index is 0.0240. The minimum Gasteiger partial charge on any atom is -0.388 e. The first kappa shape index (κ1) is 20.5. The molecule has 0 radical (unpaired) electrons. The maximum absolute atomic E-state index is 12.4. The highest BCUT2D eigenvalue weighted by Crippen LogP contribution is 2.37. The molecule has 6 heteroatoms. The quantitative estimate of drug-likeness (QED) is 0.578. The second-order valence-electron chi connectivity index (χ2n) is 7.81. The Kier molecular flexibility index (Phi) is 7.18. The molecule has 0 saturated carbocycles. The lowest BCUT2D eigenvalue weighted by Gasteiger charge is -2.28. The number of aliphatic hydroxyl groups excluding tert-OH is 1. The van der Waals surface area contributed by atoms with Crippen LogP contribution in [-0.4, -0.2) is 47.8 Å². The van der Waals surface area contributed by atoms with E-state index in [2.05, 4.69) is 26.4 Å². The Bertz CT molecular complexity index is 701. The molecule has 1 amide bonds. The first-order valence-corrected chi connectivity index (χ1v) is 10.2. The normalized spacial score (nSPS) is 19.7. The van der Waals surface area contributed by atoms with Crippen molar-refractivity contribution in [3.8, 4) is 12.3 Å². The number of benzene rings is 1. The van der Waals surface area contributed by atoms with Gasteiger partial charge in [-0.2, -0.15) is 10.2 Å². The SMILES string of the molecule is C#CCCC1(CCC(=O)NCC(CN2CCCC2)C(O)c2ccccc2)N=N1. The zero-order chi connectivity index (χ0) is 19.8. The molecule has 2 atom stereocenters. The first-order valence-electron chi connectivity index (χ1n) is 10.2. The van der Waals surface area contributed by atoms with Crippen molar-refractivity contribution in [1.29, 1.82) is 0 Å². The summed E-state index contributed by atoms with van der Waals surface area (Å²) >= 11 is 0. The molecule has 2 unspecified atom stereocenters. The molecule has 3 rings (SSSR count). The van der Waals surface area contributed by atoms with E-state index in [-0.39, 0.29) is 11.8 Å². The van der Waals surface area contributed by atoms with Gasteiger partial charge in [0.1, 0.15) is 0 Å². The van der Waals surface area contributed by atoms with E-state index in [1.807, 2.05) is 30.3 Å². The van der Waals surface area contributed by atoms with Crippen molar-refractivity contribution in [2.45, 2.75) is 50.3 Å². The third-order valence-corrected chi connectivity index (χ3v) is 5.65. The molecule has 150 valence electrons. The first-order chi connectivity index (χ1) is 13.6. The average molecular weight is 383 g/mol. The topological polar surface area (TPSA) is 77.3 Å². The van der Waals surface area contributed by atoms with E-state index in [0.29, 0.717) is 32.2 Å². The molecule has 1 saturated heterocycles. The fraction of sp³-hybridized carbons (Fsp3) is 0.591. The Hall–Kier alpha value is -2.23. The predicted octanol–water partition coefficient (Wildman–Crippen LogP) is 2.90. The molecule has 0 spiro atoms. The minimum atomic E-state index is -0.600. The number of hydrogen-bond donors (Lipinski definition) is 2. The van der Waals surface area contributed by atoms with Crippen LogP contribution in [0.15, 0.2) is 40.6 Å². The third kappa shape index (κ3) is 5.88. The Morgan fingerprint density at radius 2 is 1.96 bits per heavy atom. The zero-order valence-corrected chi connectivity index (χ0v) is 16.4. The van der Waals surface area contributed by atoms with E-state index in [9.17, 15) is 9.90 Å². The average Bonchev–Trinajstić information content (AvgIpc) is 3.31. The van der Waals surface area contributed by atoms with Gasteiger partial charge in [0.15, 0.2) is 5.66 Å². The standard InChI is InChI=1S/C22H30N4O2/c1-2-3-12-22(24-25-22)13-11-20(27)23-16-19(17-26-14-7-8-15-26)21(28)18-9-5-4-6-10-18/h1,4-6,9-10,19,21,28H,3,7-8,11-17H2,(H,23,27). The van der Waals surface area contributed by atoms with Crippen LogP contribution in [0.4, 0.5) is 0 Å². The zero-order valence-electron chi connectivity index (χ0n) is 16.4. The van der Waals surface area contributed by atoms with Crippen molar-refractivity contribution < 1.29 is 9.90 Å². The molecule has 6 nitrogen and oxygen atoms in total. The predicted molar refractivity (Wildman–Crippen MR) is 108 cm³/mol. The molecule has 1 aromatic carbocycles. The van der Waals surface area contributed by atoms with Crippen molar-refractivity contribution in [3.05, 3.63) is 35.9 Å². The van der Waals surface area contributed by atoms with Gasteiger partial charge in [0.25, 0.3) is 0 Å². The number of terminal acetylenes is 1. The van der Waals surface area contributed by atoms with E-state index < -0.39 is 11.8 Å². The van der Waals surface area contributed by atoms with E-state index in [1.165, 1.54) is 12.8 Å². The monoisotopic (exact) mass is 382 g/mol. The number of nitrogens with one attached hydrogen (secondary N) is 1. The molecule has 0 aromatic heterocycles. The Morgan fingerprint density at radius 3 is 2.61 bits per heavy atom. The van der Waals surface area contributed by atoms with Crippen molar-refractivity contribution in [2.24, 2.45) is 16.1 Å². The van der Waals surface area contributed by atoms with Gasteiger partial charge in [0.2, 0.25) is 5.91 Å². The number of rotatable bonds is 11. The fourth-order valence-corrected chi connectivity index (χ4v) is 3.81. The van der Waals surface area contributed by atoms with Crippen molar-refractivity contribution >= 4 is 5.91 Å². The highest BCUT2D eigenvalue weighted by Gasteiger charge is 2.39. The summed E-state index contributed by atoms with van der Waals surface area (Å²) in [6.45, 7) is 3.36. The molecule has 2 aliphatic heterocycles. The summed E-state index contributed by atoms with van der Waals surface area (Å²) in [4.78, 5) is 14.7. The Labute approximate surface area is 167 Å². The maximum Gasteiger partial charge on any atom is 0.220 e. The Morgan fingerprint density at radius 1 is 1.25 bits per heavy atom. The summed E-state index contributed by atoms with van der Waals surface area (Å²) in [5, 5.41) is 22.1. The molecular formula is C22H30N4O2. The van der Waals surface area contributed by atoms with E-state index in [0.717, 1.165) is 25.2 Å². The molecule has 2 N–H and O–H groups in total. The van der Waals surface area contributed by atoms with E-state index >= 15 is 0 Å².